The fourth-order valence-corrected chi connectivity index (χ4v) is 3.61. The molecule has 0 aliphatic carbocycles. The van der Waals surface area contributed by atoms with Gasteiger partial charge in [-0.15, -0.1) is 0 Å². The van der Waals surface area contributed by atoms with E-state index < -0.39 is 23.3 Å². The van der Waals surface area contributed by atoms with Gasteiger partial charge in [-0.3, -0.25) is 19.1 Å². The number of para-hydroxylation sites is 1. The van der Waals surface area contributed by atoms with Crippen molar-refractivity contribution >= 4 is 29.7 Å². The lowest BCUT2D eigenvalue weighted by molar-refractivity contribution is -0.136. The third-order valence-corrected chi connectivity index (χ3v) is 5.80. The number of nitrogens with zero attached hydrogens (tertiary/aromatic N) is 3. The SMILES string of the molecule is COc1ccc(C(=O)Oc2ccc(/C=N/NC(=O)C(=O)Nc3c(C)n(C)n(-c4ccccc4)c3=O)cc2)cc1. The number of amides is 2. The quantitative estimate of drug-likeness (QED) is 0.125. The number of hydrogen-bond acceptors (Lipinski definition) is 7. The van der Waals surface area contributed by atoms with Crippen LogP contribution in [-0.2, 0) is 16.6 Å². The van der Waals surface area contributed by atoms with Gasteiger partial charge in [-0.25, -0.2) is 14.9 Å². The van der Waals surface area contributed by atoms with Crippen molar-refractivity contribution < 1.29 is 23.9 Å². The summed E-state index contributed by atoms with van der Waals surface area (Å²) in [5, 5.41) is 6.15. The third kappa shape index (κ3) is 6.10. The zero-order chi connectivity index (χ0) is 27.9. The Morgan fingerprint density at radius 3 is 2.15 bits per heavy atom. The summed E-state index contributed by atoms with van der Waals surface area (Å²) in [5.41, 5.74) is 3.68. The van der Waals surface area contributed by atoms with E-state index in [2.05, 4.69) is 15.8 Å². The topological polar surface area (TPSA) is 133 Å². The summed E-state index contributed by atoms with van der Waals surface area (Å²) in [6.07, 6.45) is 1.32. The van der Waals surface area contributed by atoms with Crippen molar-refractivity contribution in [2.24, 2.45) is 12.1 Å². The lowest BCUT2D eigenvalue weighted by Gasteiger charge is -2.07. The van der Waals surface area contributed by atoms with Crippen LogP contribution in [-0.4, -0.2) is 40.5 Å². The zero-order valence-corrected chi connectivity index (χ0v) is 21.4. The fourth-order valence-electron chi connectivity index (χ4n) is 3.61. The molecular weight excluding hydrogens is 502 g/mol. The number of carbonyl (C=O) groups excluding carboxylic acids is 3. The maximum absolute atomic E-state index is 12.9. The highest BCUT2D eigenvalue weighted by atomic mass is 16.5. The van der Waals surface area contributed by atoms with E-state index in [1.54, 1.807) is 91.4 Å². The highest BCUT2D eigenvalue weighted by Crippen LogP contribution is 2.16. The van der Waals surface area contributed by atoms with Crippen molar-refractivity contribution in [3.05, 3.63) is 106 Å². The molecule has 4 aromatic rings. The summed E-state index contributed by atoms with van der Waals surface area (Å²) >= 11 is 0. The smallest absolute Gasteiger partial charge is 0.343 e. The Balaban J connectivity index is 1.33. The van der Waals surface area contributed by atoms with Crippen LogP contribution in [0.1, 0.15) is 21.6 Å². The highest BCUT2D eigenvalue weighted by molar-refractivity contribution is 6.39. The van der Waals surface area contributed by atoms with Crippen molar-refractivity contribution in [1.82, 2.24) is 14.8 Å². The number of ether oxygens (including phenoxy) is 2. The molecule has 0 aliphatic heterocycles. The molecule has 198 valence electrons. The Bertz CT molecular complexity index is 1590. The molecule has 0 aliphatic rings. The van der Waals surface area contributed by atoms with E-state index in [0.29, 0.717) is 34.0 Å². The van der Waals surface area contributed by atoms with Crippen LogP contribution in [0, 0.1) is 6.92 Å². The van der Waals surface area contributed by atoms with Gasteiger partial charge in [-0.2, -0.15) is 5.10 Å². The Kier molecular flexibility index (Phi) is 8.00. The normalized spacial score (nSPS) is 10.7. The number of aromatic nitrogens is 2. The second kappa shape index (κ2) is 11.7. The number of methoxy groups -OCH3 is 1. The number of esters is 1. The molecule has 1 aromatic heterocycles. The van der Waals surface area contributed by atoms with E-state index >= 15 is 0 Å². The average molecular weight is 528 g/mol. The van der Waals surface area contributed by atoms with Gasteiger partial charge in [0.05, 0.1) is 30.3 Å². The minimum absolute atomic E-state index is 0.00902. The van der Waals surface area contributed by atoms with E-state index in [1.165, 1.54) is 18.0 Å². The Morgan fingerprint density at radius 1 is 0.872 bits per heavy atom. The van der Waals surface area contributed by atoms with Crippen LogP contribution in [0.25, 0.3) is 5.69 Å². The number of hydrogen-bond donors (Lipinski definition) is 2. The van der Waals surface area contributed by atoms with Gasteiger partial charge in [0, 0.05) is 7.05 Å². The maximum atomic E-state index is 12.9. The largest absolute Gasteiger partial charge is 0.497 e. The summed E-state index contributed by atoms with van der Waals surface area (Å²) in [6.45, 7) is 1.66. The van der Waals surface area contributed by atoms with Crippen molar-refractivity contribution in [2.45, 2.75) is 6.92 Å². The van der Waals surface area contributed by atoms with Crippen LogP contribution in [0.3, 0.4) is 0 Å². The Hall–Kier alpha value is -5.45. The lowest BCUT2D eigenvalue weighted by atomic mass is 10.2. The van der Waals surface area contributed by atoms with Gasteiger partial charge in [-0.1, -0.05) is 18.2 Å². The van der Waals surface area contributed by atoms with Crippen molar-refractivity contribution in [1.29, 1.82) is 0 Å². The molecule has 39 heavy (non-hydrogen) atoms. The number of anilines is 1. The summed E-state index contributed by atoms with van der Waals surface area (Å²) in [4.78, 5) is 49.8. The van der Waals surface area contributed by atoms with Crippen LogP contribution in [0.15, 0.2) is 88.8 Å². The molecule has 0 saturated carbocycles. The molecule has 0 bridgehead atoms. The summed E-state index contributed by atoms with van der Waals surface area (Å²) in [7, 11) is 3.21. The summed E-state index contributed by atoms with van der Waals surface area (Å²) < 4.78 is 13.4. The van der Waals surface area contributed by atoms with Crippen LogP contribution in [0.4, 0.5) is 5.69 Å². The third-order valence-electron chi connectivity index (χ3n) is 5.80. The van der Waals surface area contributed by atoms with Gasteiger partial charge in [0.15, 0.2) is 0 Å². The van der Waals surface area contributed by atoms with Crippen LogP contribution in [0.5, 0.6) is 11.5 Å². The van der Waals surface area contributed by atoms with Crippen molar-refractivity contribution in [3.63, 3.8) is 0 Å². The van der Waals surface area contributed by atoms with Crippen molar-refractivity contribution in [2.75, 3.05) is 12.4 Å². The Morgan fingerprint density at radius 2 is 1.51 bits per heavy atom. The molecule has 4 rings (SSSR count). The number of nitrogens with one attached hydrogen (secondary N) is 2. The minimum atomic E-state index is -1.05. The second-order valence-electron chi connectivity index (χ2n) is 8.28. The van der Waals surface area contributed by atoms with E-state index in [0.717, 1.165) is 0 Å². The first-order valence-corrected chi connectivity index (χ1v) is 11.7. The first-order chi connectivity index (χ1) is 18.8. The predicted octanol–water partition coefficient (Wildman–Crippen LogP) is 2.80. The molecule has 2 N–H and O–H groups in total. The monoisotopic (exact) mass is 527 g/mol. The van der Waals surface area contributed by atoms with E-state index in [9.17, 15) is 19.2 Å². The first-order valence-electron chi connectivity index (χ1n) is 11.7. The molecule has 0 spiro atoms. The van der Waals surface area contributed by atoms with Crippen molar-refractivity contribution in [3.8, 4) is 17.2 Å². The molecule has 0 radical (unpaired) electrons. The predicted molar refractivity (Wildman–Crippen MR) is 145 cm³/mol. The van der Waals surface area contributed by atoms with E-state index in [1.807, 2.05) is 6.07 Å². The number of benzene rings is 3. The lowest BCUT2D eigenvalue weighted by Crippen LogP contribution is -2.34. The molecule has 0 unspecified atom stereocenters. The van der Waals surface area contributed by atoms with Gasteiger partial charge in [-0.05, 0) is 73.2 Å². The molecule has 11 heteroatoms. The molecule has 0 saturated heterocycles. The van der Waals surface area contributed by atoms with Gasteiger partial charge in [0.25, 0.3) is 5.56 Å². The number of rotatable bonds is 7. The van der Waals surface area contributed by atoms with E-state index in [-0.39, 0.29) is 5.69 Å². The van der Waals surface area contributed by atoms with Crippen LogP contribution >= 0.6 is 0 Å². The molecule has 0 fully saturated rings. The first kappa shape index (κ1) is 26.6. The number of carbonyl (C=O) groups is 3. The summed E-state index contributed by atoms with van der Waals surface area (Å²) in [6, 6.07) is 21.8. The molecule has 11 nitrogen and oxygen atoms in total. The van der Waals surface area contributed by atoms with Crippen LogP contribution in [0.2, 0.25) is 0 Å². The average Bonchev–Trinajstić information content (AvgIpc) is 3.17. The van der Waals surface area contributed by atoms with Gasteiger partial charge in [0.2, 0.25) is 0 Å². The van der Waals surface area contributed by atoms with Gasteiger partial charge >= 0.3 is 17.8 Å². The van der Waals surface area contributed by atoms with E-state index in [4.69, 9.17) is 9.47 Å². The Labute approximate surface area is 223 Å². The molecular formula is C28H25N5O6. The maximum Gasteiger partial charge on any atom is 0.343 e. The molecule has 1 heterocycles. The zero-order valence-electron chi connectivity index (χ0n) is 21.4. The minimum Gasteiger partial charge on any atom is -0.497 e. The van der Waals surface area contributed by atoms with Crippen LogP contribution < -0.4 is 25.8 Å². The second-order valence-corrected chi connectivity index (χ2v) is 8.28. The standard InChI is InChI=1S/C28H25N5O6/c1-18-24(27(36)33(32(18)2)21-7-5-4-6-8-21)30-25(34)26(35)31-29-17-19-9-13-23(14-10-19)39-28(37)20-11-15-22(38-3)16-12-20/h4-17H,1-3H3,(H,30,34)(H,31,35)/b29-17+. The molecule has 0 atom stereocenters. The summed E-state index contributed by atoms with van der Waals surface area (Å²) in [5.74, 6) is -1.68. The van der Waals surface area contributed by atoms with Gasteiger partial charge < -0.3 is 14.8 Å². The molecule has 2 amide bonds. The van der Waals surface area contributed by atoms with Gasteiger partial charge in [0.1, 0.15) is 17.2 Å². The molecule has 3 aromatic carbocycles. The highest BCUT2D eigenvalue weighted by Gasteiger charge is 2.21. The fraction of sp³-hybridized carbons (Fsp3) is 0.107. The number of hydrazone groups is 1.